The number of nitrogens with zero attached hydrogens (tertiary/aromatic N) is 2. The van der Waals surface area contributed by atoms with E-state index in [-0.39, 0.29) is 34.0 Å². The van der Waals surface area contributed by atoms with Crippen LogP contribution in [-0.2, 0) is 17.5 Å². The molecular weight excluding hydrogens is 518 g/mol. The van der Waals surface area contributed by atoms with E-state index in [2.05, 4.69) is 15.3 Å². The number of phenols is 1. The first-order valence-electron chi connectivity index (χ1n) is 10.6. The molecule has 0 saturated heterocycles. The maximum absolute atomic E-state index is 12.7. The fourth-order valence-electron chi connectivity index (χ4n) is 3.31. The van der Waals surface area contributed by atoms with E-state index in [9.17, 15) is 23.1 Å². The third-order valence-electron chi connectivity index (χ3n) is 5.18. The molecule has 0 atom stereocenters. The number of benzene rings is 3. The summed E-state index contributed by atoms with van der Waals surface area (Å²) in [4.78, 5) is 21.3. The van der Waals surface area contributed by atoms with Crippen molar-refractivity contribution in [3.05, 3.63) is 87.4 Å². The van der Waals surface area contributed by atoms with E-state index in [4.69, 9.17) is 27.9 Å². The van der Waals surface area contributed by atoms with Crippen LogP contribution in [0.15, 0.2) is 70.6 Å². The summed E-state index contributed by atoms with van der Waals surface area (Å²) in [6.07, 6.45) is -4.05. The summed E-state index contributed by atoms with van der Waals surface area (Å²) in [5.74, 6) is 0.404. The Kier molecular flexibility index (Phi) is 7.51. The molecule has 1 aliphatic rings. The lowest BCUT2D eigenvalue weighted by Gasteiger charge is -2.14. The molecule has 0 bridgehead atoms. The molecule has 0 fully saturated rings. The average molecular weight is 536 g/mol. The van der Waals surface area contributed by atoms with E-state index in [1.807, 2.05) is 0 Å². The van der Waals surface area contributed by atoms with E-state index < -0.39 is 11.7 Å². The number of nitrogens with one attached hydrogen (secondary N) is 1. The number of aromatic hydroxyl groups is 1. The topological polar surface area (TPSA) is 83.3 Å². The minimum absolute atomic E-state index is 0.0534. The molecule has 0 unspecified atom stereocenters. The highest BCUT2D eigenvalue weighted by atomic mass is 35.5. The number of aliphatic imine (C=N–C) groups is 2. The summed E-state index contributed by atoms with van der Waals surface area (Å²) >= 11 is 11.9. The second kappa shape index (κ2) is 10.6. The predicted molar refractivity (Wildman–Crippen MR) is 131 cm³/mol. The Hall–Kier alpha value is -3.56. The molecule has 11 heteroatoms. The van der Waals surface area contributed by atoms with E-state index in [0.29, 0.717) is 35.8 Å². The highest BCUT2D eigenvalue weighted by molar-refractivity contribution is 6.42. The van der Waals surface area contributed by atoms with Gasteiger partial charge < -0.3 is 15.2 Å². The van der Waals surface area contributed by atoms with Crippen molar-refractivity contribution in [1.82, 2.24) is 5.32 Å². The Morgan fingerprint density at radius 1 is 1.00 bits per heavy atom. The molecule has 3 aromatic rings. The van der Waals surface area contributed by atoms with Crippen LogP contribution in [0.3, 0.4) is 0 Å². The SMILES string of the molecule is O=C(NCc1ccc(Oc2ccc(C(F)(F)F)cc2)cc1)C1=NC(c2cc(Cl)c(O)c(Cl)c2)=NCC1. The molecule has 6 nitrogen and oxygen atoms in total. The smallest absolute Gasteiger partial charge is 0.416 e. The van der Waals surface area contributed by atoms with Crippen LogP contribution < -0.4 is 10.1 Å². The number of carbonyl (C=O) groups excluding carboxylic acids is 1. The maximum Gasteiger partial charge on any atom is 0.416 e. The Morgan fingerprint density at radius 2 is 1.58 bits per heavy atom. The molecule has 3 aromatic carbocycles. The number of rotatable bonds is 6. The van der Waals surface area contributed by atoms with Gasteiger partial charge in [0.25, 0.3) is 5.91 Å². The molecule has 0 spiro atoms. The molecule has 0 aromatic heterocycles. The highest BCUT2D eigenvalue weighted by Gasteiger charge is 2.30. The second-order valence-electron chi connectivity index (χ2n) is 7.75. The molecule has 1 heterocycles. The number of hydrogen-bond donors (Lipinski definition) is 2. The molecule has 0 saturated carbocycles. The summed E-state index contributed by atoms with van der Waals surface area (Å²) in [5, 5.41) is 12.6. The molecule has 0 aliphatic carbocycles. The molecule has 0 radical (unpaired) electrons. The Bertz CT molecular complexity index is 1320. The van der Waals surface area contributed by atoms with Gasteiger partial charge in [0, 0.05) is 25.1 Å². The molecule has 1 amide bonds. The van der Waals surface area contributed by atoms with Gasteiger partial charge in [-0.15, -0.1) is 0 Å². The molecule has 36 heavy (non-hydrogen) atoms. The zero-order valence-corrected chi connectivity index (χ0v) is 20.0. The number of alkyl halides is 3. The van der Waals surface area contributed by atoms with Crippen molar-refractivity contribution in [2.24, 2.45) is 9.98 Å². The molecular formula is C25H18Cl2F3N3O3. The van der Waals surface area contributed by atoms with E-state index >= 15 is 0 Å². The molecule has 2 N–H and O–H groups in total. The number of carbonyl (C=O) groups is 1. The Balaban J connectivity index is 1.35. The van der Waals surface area contributed by atoms with Gasteiger partial charge in [0.1, 0.15) is 17.2 Å². The van der Waals surface area contributed by atoms with Gasteiger partial charge in [-0.1, -0.05) is 35.3 Å². The van der Waals surface area contributed by atoms with Gasteiger partial charge in [0.2, 0.25) is 0 Å². The fourth-order valence-corrected chi connectivity index (χ4v) is 3.80. The Labute approximate surface area is 214 Å². The minimum Gasteiger partial charge on any atom is -0.505 e. The minimum atomic E-state index is -4.41. The van der Waals surface area contributed by atoms with Crippen molar-refractivity contribution in [3.8, 4) is 17.2 Å². The lowest BCUT2D eigenvalue weighted by atomic mass is 10.1. The van der Waals surface area contributed by atoms with Crippen LogP contribution in [0.1, 0.15) is 23.1 Å². The number of amides is 1. The van der Waals surface area contributed by atoms with Crippen molar-refractivity contribution < 1.29 is 27.8 Å². The van der Waals surface area contributed by atoms with E-state index in [1.165, 1.54) is 24.3 Å². The molecule has 186 valence electrons. The van der Waals surface area contributed by atoms with Crippen LogP contribution in [0.2, 0.25) is 10.0 Å². The number of amidine groups is 1. The fraction of sp³-hybridized carbons (Fsp3) is 0.160. The predicted octanol–water partition coefficient (Wildman–Crippen LogP) is 6.42. The Morgan fingerprint density at radius 3 is 2.17 bits per heavy atom. The average Bonchev–Trinajstić information content (AvgIpc) is 2.86. The quantitative estimate of drug-likeness (QED) is 0.382. The van der Waals surface area contributed by atoms with Crippen molar-refractivity contribution in [3.63, 3.8) is 0 Å². The summed E-state index contributed by atoms with van der Waals surface area (Å²) in [6.45, 7) is 0.579. The first kappa shape index (κ1) is 25.5. The van der Waals surface area contributed by atoms with Crippen molar-refractivity contribution >= 4 is 40.7 Å². The van der Waals surface area contributed by atoms with E-state index in [1.54, 1.807) is 24.3 Å². The second-order valence-corrected chi connectivity index (χ2v) is 8.57. The van der Waals surface area contributed by atoms with Crippen LogP contribution >= 0.6 is 23.2 Å². The van der Waals surface area contributed by atoms with Crippen molar-refractivity contribution in [2.75, 3.05) is 6.54 Å². The van der Waals surface area contributed by atoms with Crippen LogP contribution in [0.5, 0.6) is 17.2 Å². The van der Waals surface area contributed by atoms with Gasteiger partial charge in [0.05, 0.1) is 15.6 Å². The van der Waals surface area contributed by atoms with Gasteiger partial charge in [0.15, 0.2) is 11.6 Å². The summed E-state index contributed by atoms with van der Waals surface area (Å²) in [6, 6.07) is 14.1. The number of halogens is 5. The molecule has 1 aliphatic heterocycles. The normalized spacial score (nSPS) is 13.6. The van der Waals surface area contributed by atoms with Gasteiger partial charge >= 0.3 is 6.18 Å². The summed E-state index contributed by atoms with van der Waals surface area (Å²) in [7, 11) is 0. The zero-order valence-electron chi connectivity index (χ0n) is 18.4. The third-order valence-corrected chi connectivity index (χ3v) is 5.76. The van der Waals surface area contributed by atoms with Crippen molar-refractivity contribution in [1.29, 1.82) is 0 Å². The van der Waals surface area contributed by atoms with Crippen LogP contribution in [0.25, 0.3) is 0 Å². The standard InChI is InChI=1S/C25H18Cl2F3N3O3/c26-19-11-15(12-20(27)22(19)34)23-31-10-9-21(33-23)24(35)32-13-14-1-5-17(6-2-14)36-18-7-3-16(4-8-18)25(28,29)30/h1-8,11-12,34H,9-10,13H2,(H,32,35). The largest absolute Gasteiger partial charge is 0.505 e. The van der Waals surface area contributed by atoms with Crippen molar-refractivity contribution in [2.45, 2.75) is 19.1 Å². The molecule has 4 rings (SSSR count). The number of phenolic OH excluding ortho intramolecular Hbond substituents is 1. The van der Waals surface area contributed by atoms with Crippen LogP contribution in [0, 0.1) is 0 Å². The number of hydrogen-bond acceptors (Lipinski definition) is 5. The zero-order chi connectivity index (χ0) is 25.9. The van der Waals surface area contributed by atoms with Crippen LogP contribution in [-0.4, -0.2) is 29.1 Å². The van der Waals surface area contributed by atoms with Crippen LogP contribution in [0.4, 0.5) is 13.2 Å². The maximum atomic E-state index is 12.7. The highest BCUT2D eigenvalue weighted by Crippen LogP contribution is 2.33. The first-order valence-corrected chi connectivity index (χ1v) is 11.4. The first-order chi connectivity index (χ1) is 17.1. The van der Waals surface area contributed by atoms with Gasteiger partial charge in [-0.05, 0) is 54.1 Å². The number of ether oxygens (including phenoxy) is 1. The third kappa shape index (κ3) is 6.16. The lowest BCUT2D eigenvalue weighted by molar-refractivity contribution is -0.137. The summed E-state index contributed by atoms with van der Waals surface area (Å²) in [5.41, 5.74) is 0.807. The van der Waals surface area contributed by atoms with Gasteiger partial charge in [-0.25, -0.2) is 4.99 Å². The van der Waals surface area contributed by atoms with Gasteiger partial charge in [-0.2, -0.15) is 13.2 Å². The monoisotopic (exact) mass is 535 g/mol. The lowest BCUT2D eigenvalue weighted by Crippen LogP contribution is -2.33. The van der Waals surface area contributed by atoms with Gasteiger partial charge in [-0.3, -0.25) is 9.79 Å². The van der Waals surface area contributed by atoms with E-state index in [0.717, 1.165) is 17.7 Å². The summed E-state index contributed by atoms with van der Waals surface area (Å²) < 4.78 is 43.6.